The minimum atomic E-state index is -0.478. The summed E-state index contributed by atoms with van der Waals surface area (Å²) in [6.07, 6.45) is 1.60. The van der Waals surface area contributed by atoms with E-state index < -0.39 is 6.04 Å². The van der Waals surface area contributed by atoms with Gasteiger partial charge in [-0.1, -0.05) is 6.92 Å². The van der Waals surface area contributed by atoms with Gasteiger partial charge in [0.1, 0.15) is 6.04 Å². The number of likely N-dealkylation sites (N-methyl/N-ethyl adjacent to an activating group) is 1. The van der Waals surface area contributed by atoms with Crippen LogP contribution < -0.4 is 10.1 Å². The summed E-state index contributed by atoms with van der Waals surface area (Å²) in [6.45, 7) is 2.60. The maximum absolute atomic E-state index is 11.5. The molecule has 0 amide bonds. The molecule has 0 saturated heterocycles. The molecule has 0 spiro atoms. The number of ether oxygens (including phenoxy) is 2. The van der Waals surface area contributed by atoms with Gasteiger partial charge in [0.25, 0.3) is 0 Å². The summed E-state index contributed by atoms with van der Waals surface area (Å²) in [5, 5.41) is 3.03. The Morgan fingerprint density at radius 2 is 2.25 bits per heavy atom. The summed E-state index contributed by atoms with van der Waals surface area (Å²) in [5.41, 5.74) is 0.759. The van der Waals surface area contributed by atoms with Gasteiger partial charge in [-0.25, -0.2) is 9.78 Å². The van der Waals surface area contributed by atoms with Crippen LogP contribution >= 0.6 is 0 Å². The van der Waals surface area contributed by atoms with Crippen molar-refractivity contribution >= 4 is 5.97 Å². The maximum Gasteiger partial charge on any atom is 0.327 e. The molecule has 1 unspecified atom stereocenters. The van der Waals surface area contributed by atoms with Crippen molar-refractivity contribution in [1.82, 2.24) is 10.3 Å². The van der Waals surface area contributed by atoms with E-state index in [1.807, 2.05) is 6.92 Å². The molecule has 1 rings (SSSR count). The van der Waals surface area contributed by atoms with Gasteiger partial charge >= 0.3 is 5.97 Å². The molecular weight excluding hydrogens is 208 g/mol. The standard InChI is InChI=1S/C11H16N2O3/c1-4-12-10(11(14)16-3)8-5-6-9(15-2)13-7-8/h5-7,10,12H,4H2,1-3H3. The van der Waals surface area contributed by atoms with Gasteiger partial charge in [-0.2, -0.15) is 0 Å². The zero-order valence-corrected chi connectivity index (χ0v) is 9.69. The number of methoxy groups -OCH3 is 2. The van der Waals surface area contributed by atoms with E-state index in [2.05, 4.69) is 10.3 Å². The molecule has 5 nitrogen and oxygen atoms in total. The molecule has 88 valence electrons. The number of hydrogen-bond donors (Lipinski definition) is 1. The SMILES string of the molecule is CCNC(C(=O)OC)c1ccc(OC)nc1. The molecule has 0 aliphatic carbocycles. The highest BCUT2D eigenvalue weighted by molar-refractivity contribution is 5.77. The van der Waals surface area contributed by atoms with Gasteiger partial charge in [0.2, 0.25) is 5.88 Å². The molecule has 0 bridgehead atoms. The zero-order valence-electron chi connectivity index (χ0n) is 9.69. The van der Waals surface area contributed by atoms with E-state index in [-0.39, 0.29) is 5.97 Å². The van der Waals surface area contributed by atoms with Crippen LogP contribution in [0.25, 0.3) is 0 Å². The first-order valence-corrected chi connectivity index (χ1v) is 5.04. The summed E-state index contributed by atoms with van der Waals surface area (Å²) < 4.78 is 9.66. The Morgan fingerprint density at radius 3 is 2.69 bits per heavy atom. The molecule has 5 heteroatoms. The van der Waals surface area contributed by atoms with Crippen molar-refractivity contribution < 1.29 is 14.3 Å². The quantitative estimate of drug-likeness (QED) is 0.753. The molecule has 1 aromatic heterocycles. The number of aromatic nitrogens is 1. The van der Waals surface area contributed by atoms with Crippen LogP contribution in [0.4, 0.5) is 0 Å². The summed E-state index contributed by atoms with van der Waals surface area (Å²) in [4.78, 5) is 15.6. The molecular formula is C11H16N2O3. The first-order valence-electron chi connectivity index (χ1n) is 5.04. The van der Waals surface area contributed by atoms with Gasteiger partial charge in [-0.15, -0.1) is 0 Å². The summed E-state index contributed by atoms with van der Waals surface area (Å²) in [7, 11) is 2.91. The molecule has 0 saturated carbocycles. The van der Waals surface area contributed by atoms with Gasteiger partial charge < -0.3 is 14.8 Å². The van der Waals surface area contributed by atoms with E-state index in [1.165, 1.54) is 7.11 Å². The fourth-order valence-corrected chi connectivity index (χ4v) is 1.34. The maximum atomic E-state index is 11.5. The van der Waals surface area contributed by atoms with Crippen LogP contribution in [0.3, 0.4) is 0 Å². The highest BCUT2D eigenvalue weighted by Crippen LogP contribution is 2.15. The Labute approximate surface area is 94.8 Å². The van der Waals surface area contributed by atoms with Crippen LogP contribution in [0.2, 0.25) is 0 Å². The Bertz CT molecular complexity index is 338. The van der Waals surface area contributed by atoms with Crippen molar-refractivity contribution in [1.29, 1.82) is 0 Å². The lowest BCUT2D eigenvalue weighted by Crippen LogP contribution is -2.29. The predicted octanol–water partition coefficient (Wildman–Crippen LogP) is 0.914. The van der Waals surface area contributed by atoms with E-state index >= 15 is 0 Å². The molecule has 1 aromatic rings. The first-order chi connectivity index (χ1) is 7.72. The van der Waals surface area contributed by atoms with E-state index in [9.17, 15) is 4.79 Å². The summed E-state index contributed by atoms with van der Waals surface area (Å²) >= 11 is 0. The second-order valence-electron chi connectivity index (χ2n) is 3.15. The van der Waals surface area contributed by atoms with Gasteiger partial charge in [-0.3, -0.25) is 0 Å². The van der Waals surface area contributed by atoms with Crippen LogP contribution in [-0.4, -0.2) is 31.7 Å². The molecule has 0 aliphatic heterocycles. The topological polar surface area (TPSA) is 60.5 Å². The molecule has 1 N–H and O–H groups in total. The van der Waals surface area contributed by atoms with Gasteiger partial charge in [0.05, 0.1) is 14.2 Å². The Morgan fingerprint density at radius 1 is 1.50 bits per heavy atom. The van der Waals surface area contributed by atoms with Crippen LogP contribution in [0, 0.1) is 0 Å². The van der Waals surface area contributed by atoms with Crippen molar-refractivity contribution in [2.45, 2.75) is 13.0 Å². The lowest BCUT2D eigenvalue weighted by molar-refractivity contribution is -0.143. The molecule has 0 fully saturated rings. The number of pyridine rings is 1. The molecule has 0 aliphatic rings. The second-order valence-corrected chi connectivity index (χ2v) is 3.15. The van der Waals surface area contributed by atoms with Crippen molar-refractivity contribution in [2.75, 3.05) is 20.8 Å². The molecule has 0 aromatic carbocycles. The average molecular weight is 224 g/mol. The van der Waals surface area contributed by atoms with Crippen molar-refractivity contribution in [3.63, 3.8) is 0 Å². The normalized spacial score (nSPS) is 11.9. The number of rotatable bonds is 5. The molecule has 16 heavy (non-hydrogen) atoms. The molecule has 1 heterocycles. The Balaban J connectivity index is 2.87. The lowest BCUT2D eigenvalue weighted by Gasteiger charge is -2.15. The minimum absolute atomic E-state index is 0.325. The number of carbonyl (C=O) groups is 1. The Hall–Kier alpha value is -1.62. The summed E-state index contributed by atoms with van der Waals surface area (Å²) in [5.74, 6) is 0.192. The van der Waals surface area contributed by atoms with Crippen molar-refractivity contribution in [3.05, 3.63) is 23.9 Å². The summed E-state index contributed by atoms with van der Waals surface area (Å²) in [6, 6.07) is 3.02. The third kappa shape index (κ3) is 2.93. The third-order valence-corrected chi connectivity index (χ3v) is 2.15. The fourth-order valence-electron chi connectivity index (χ4n) is 1.34. The second kappa shape index (κ2) is 6.07. The van der Waals surface area contributed by atoms with E-state index in [4.69, 9.17) is 9.47 Å². The smallest absolute Gasteiger partial charge is 0.327 e. The van der Waals surface area contributed by atoms with Gasteiger partial charge in [-0.05, 0) is 18.2 Å². The lowest BCUT2D eigenvalue weighted by atomic mass is 10.1. The van der Waals surface area contributed by atoms with Crippen molar-refractivity contribution in [3.8, 4) is 5.88 Å². The number of carbonyl (C=O) groups excluding carboxylic acids is 1. The number of nitrogens with zero attached hydrogens (tertiary/aromatic N) is 1. The monoisotopic (exact) mass is 224 g/mol. The van der Waals surface area contributed by atoms with Gasteiger partial charge in [0.15, 0.2) is 0 Å². The van der Waals surface area contributed by atoms with Crippen LogP contribution in [0.1, 0.15) is 18.5 Å². The van der Waals surface area contributed by atoms with Gasteiger partial charge in [0, 0.05) is 12.3 Å². The van der Waals surface area contributed by atoms with E-state index in [0.717, 1.165) is 5.56 Å². The van der Waals surface area contributed by atoms with Crippen LogP contribution in [0.15, 0.2) is 18.3 Å². The number of hydrogen-bond acceptors (Lipinski definition) is 5. The van der Waals surface area contributed by atoms with Crippen LogP contribution in [-0.2, 0) is 9.53 Å². The largest absolute Gasteiger partial charge is 0.481 e. The first kappa shape index (κ1) is 12.4. The van der Waals surface area contributed by atoms with Crippen molar-refractivity contribution in [2.24, 2.45) is 0 Å². The number of nitrogens with one attached hydrogen (secondary N) is 1. The van der Waals surface area contributed by atoms with Crippen LogP contribution in [0.5, 0.6) is 5.88 Å². The Kier molecular flexibility index (Phi) is 4.72. The highest BCUT2D eigenvalue weighted by atomic mass is 16.5. The average Bonchev–Trinajstić information content (AvgIpc) is 2.35. The highest BCUT2D eigenvalue weighted by Gasteiger charge is 2.20. The fraction of sp³-hybridized carbons (Fsp3) is 0.455. The van der Waals surface area contributed by atoms with E-state index in [0.29, 0.717) is 12.4 Å². The molecule has 0 radical (unpaired) electrons. The zero-order chi connectivity index (χ0) is 12.0. The number of esters is 1. The molecule has 1 atom stereocenters. The minimum Gasteiger partial charge on any atom is -0.481 e. The predicted molar refractivity (Wildman–Crippen MR) is 59.2 cm³/mol. The van der Waals surface area contributed by atoms with E-state index in [1.54, 1.807) is 25.4 Å². The third-order valence-electron chi connectivity index (χ3n) is 2.15.